The highest BCUT2D eigenvalue weighted by Crippen LogP contribution is 2.34. The van der Waals surface area contributed by atoms with Crippen LogP contribution in [-0.4, -0.2) is 5.11 Å². The van der Waals surface area contributed by atoms with Crippen molar-refractivity contribution in [2.24, 2.45) is 0 Å². The number of hydrogen-bond acceptors (Lipinski definition) is 1. The highest BCUT2D eigenvalue weighted by Gasteiger charge is 2.23. The Morgan fingerprint density at radius 1 is 1.05 bits per heavy atom. The Morgan fingerprint density at radius 2 is 1.75 bits per heavy atom. The van der Waals surface area contributed by atoms with E-state index in [4.69, 9.17) is 0 Å². The largest absolute Gasteiger partial charge is 0.508 e. The molecule has 0 atom stereocenters. The summed E-state index contributed by atoms with van der Waals surface area (Å²) in [6, 6.07) is 8.92. The average molecular weight is 272 g/mol. The van der Waals surface area contributed by atoms with Crippen molar-refractivity contribution >= 4 is 5.76 Å². The summed E-state index contributed by atoms with van der Waals surface area (Å²) in [5, 5.41) is 9.72. The van der Waals surface area contributed by atoms with E-state index in [1.54, 1.807) is 18.2 Å². The summed E-state index contributed by atoms with van der Waals surface area (Å²) in [6.07, 6.45) is 2.77. The van der Waals surface area contributed by atoms with E-state index >= 15 is 0 Å². The molecule has 0 aliphatic heterocycles. The minimum Gasteiger partial charge on any atom is -0.508 e. The third kappa shape index (κ3) is 1.99. The molecule has 0 saturated heterocycles. The first-order chi connectivity index (χ1) is 9.58. The number of halogens is 2. The smallest absolute Gasteiger partial charge is 0.170 e. The van der Waals surface area contributed by atoms with Crippen molar-refractivity contribution in [3.63, 3.8) is 0 Å². The summed E-state index contributed by atoms with van der Waals surface area (Å²) in [6.45, 7) is 1.94. The molecule has 0 amide bonds. The highest BCUT2D eigenvalue weighted by atomic mass is 19.2. The summed E-state index contributed by atoms with van der Waals surface area (Å²) >= 11 is 0. The first-order valence-electron chi connectivity index (χ1n) is 6.55. The van der Waals surface area contributed by atoms with E-state index < -0.39 is 11.6 Å². The number of aliphatic hydroxyl groups excluding tert-OH is 1. The third-order valence-corrected chi connectivity index (χ3v) is 3.66. The molecule has 3 heteroatoms. The zero-order chi connectivity index (χ0) is 14.3. The number of benzene rings is 2. The molecular weight excluding hydrogens is 258 g/mol. The Hall–Kier alpha value is -2.16. The van der Waals surface area contributed by atoms with Crippen molar-refractivity contribution in [2.45, 2.75) is 19.8 Å². The first-order valence-corrected chi connectivity index (χ1v) is 6.55. The van der Waals surface area contributed by atoms with Crippen LogP contribution in [0, 0.1) is 18.6 Å². The van der Waals surface area contributed by atoms with Gasteiger partial charge in [-0.3, -0.25) is 0 Å². The number of rotatable bonds is 1. The van der Waals surface area contributed by atoms with Gasteiger partial charge >= 0.3 is 0 Å². The number of hydrogen-bond donors (Lipinski definition) is 1. The zero-order valence-electron chi connectivity index (χ0n) is 11.1. The van der Waals surface area contributed by atoms with Gasteiger partial charge in [-0.2, -0.15) is 0 Å². The van der Waals surface area contributed by atoms with Crippen molar-refractivity contribution in [3.8, 4) is 11.1 Å². The van der Waals surface area contributed by atoms with Crippen LogP contribution >= 0.6 is 0 Å². The minimum atomic E-state index is -0.966. The van der Waals surface area contributed by atoms with Gasteiger partial charge in [0.1, 0.15) is 5.76 Å². The summed E-state index contributed by atoms with van der Waals surface area (Å²) in [5.74, 6) is -2.04. The van der Waals surface area contributed by atoms with Gasteiger partial charge in [-0.1, -0.05) is 29.8 Å². The van der Waals surface area contributed by atoms with Crippen LogP contribution in [0.15, 0.2) is 36.4 Å². The van der Waals surface area contributed by atoms with Crippen LogP contribution in [-0.2, 0) is 6.42 Å². The number of allylic oxidation sites excluding steroid dienone is 1. The summed E-state index contributed by atoms with van der Waals surface area (Å²) in [4.78, 5) is 0. The van der Waals surface area contributed by atoms with Gasteiger partial charge in [-0.25, -0.2) is 8.78 Å². The van der Waals surface area contributed by atoms with E-state index in [0.29, 0.717) is 24.0 Å². The summed E-state index contributed by atoms with van der Waals surface area (Å²) < 4.78 is 28.4. The number of fused-ring (bicyclic) bond motifs is 1. The fourth-order valence-corrected chi connectivity index (χ4v) is 2.56. The van der Waals surface area contributed by atoms with E-state index in [1.807, 2.05) is 19.1 Å². The molecule has 1 N–H and O–H groups in total. The van der Waals surface area contributed by atoms with Gasteiger partial charge in [0.05, 0.1) is 5.56 Å². The van der Waals surface area contributed by atoms with Gasteiger partial charge in [0.15, 0.2) is 11.6 Å². The average Bonchev–Trinajstić information content (AvgIpc) is 2.44. The second-order valence-corrected chi connectivity index (χ2v) is 5.08. The van der Waals surface area contributed by atoms with Gasteiger partial charge in [0.25, 0.3) is 0 Å². The Balaban J connectivity index is 2.21. The quantitative estimate of drug-likeness (QED) is 0.791. The van der Waals surface area contributed by atoms with Crippen LogP contribution in [0.5, 0.6) is 0 Å². The van der Waals surface area contributed by atoms with E-state index in [9.17, 15) is 13.9 Å². The Bertz CT molecular complexity index is 700. The van der Waals surface area contributed by atoms with Gasteiger partial charge in [0.2, 0.25) is 0 Å². The normalized spacial score (nSPS) is 13.8. The van der Waals surface area contributed by atoms with Gasteiger partial charge < -0.3 is 5.11 Å². The molecule has 0 radical (unpaired) electrons. The predicted molar refractivity (Wildman–Crippen MR) is 75.5 cm³/mol. The lowest BCUT2D eigenvalue weighted by Gasteiger charge is -2.17. The Kier molecular flexibility index (Phi) is 3.05. The summed E-state index contributed by atoms with van der Waals surface area (Å²) in [5.41, 5.74) is 2.61. The molecule has 1 aliphatic carbocycles. The molecule has 1 aliphatic rings. The zero-order valence-corrected chi connectivity index (χ0v) is 11.1. The molecule has 102 valence electrons. The van der Waals surface area contributed by atoms with Gasteiger partial charge in [0, 0.05) is 5.56 Å². The molecule has 3 rings (SSSR count). The Labute approximate surface area is 116 Å². The summed E-state index contributed by atoms with van der Waals surface area (Å²) in [7, 11) is 0. The Morgan fingerprint density at radius 3 is 2.45 bits per heavy atom. The molecule has 0 bridgehead atoms. The molecule has 2 aromatic carbocycles. The highest BCUT2D eigenvalue weighted by molar-refractivity contribution is 5.72. The maximum Gasteiger partial charge on any atom is 0.170 e. The molecule has 0 unspecified atom stereocenters. The van der Waals surface area contributed by atoms with Crippen LogP contribution in [0.3, 0.4) is 0 Å². The number of aliphatic hydroxyl groups is 1. The maximum absolute atomic E-state index is 14.2. The van der Waals surface area contributed by atoms with Crippen LogP contribution in [0.4, 0.5) is 8.78 Å². The molecule has 2 aromatic rings. The minimum absolute atomic E-state index is 0.00427. The third-order valence-electron chi connectivity index (χ3n) is 3.66. The second kappa shape index (κ2) is 4.75. The maximum atomic E-state index is 14.2. The topological polar surface area (TPSA) is 20.2 Å². The first kappa shape index (κ1) is 12.9. The van der Waals surface area contributed by atoms with E-state index in [0.717, 1.165) is 5.56 Å². The fraction of sp³-hybridized carbons (Fsp3) is 0.176. The van der Waals surface area contributed by atoms with Crippen LogP contribution in [0.2, 0.25) is 0 Å². The standard InChI is InChI=1S/C17H14F2O/c1-10-5-7-11(8-6-10)13-9-12-3-2-4-14(20)15(12)17(19)16(13)18/h4-9,20H,2-3H2,1H3. The van der Waals surface area contributed by atoms with Crippen molar-refractivity contribution in [1.82, 2.24) is 0 Å². The molecule has 0 aromatic heterocycles. The predicted octanol–water partition coefficient (Wildman–Crippen LogP) is 4.79. The molecule has 0 fully saturated rings. The fourth-order valence-electron chi connectivity index (χ4n) is 2.56. The second-order valence-electron chi connectivity index (χ2n) is 5.08. The van der Waals surface area contributed by atoms with E-state index in [1.165, 1.54) is 6.08 Å². The van der Waals surface area contributed by atoms with Crippen molar-refractivity contribution in [1.29, 1.82) is 0 Å². The lowest BCUT2D eigenvalue weighted by Crippen LogP contribution is -2.06. The number of aryl methyl sites for hydroxylation is 2. The van der Waals surface area contributed by atoms with Crippen molar-refractivity contribution in [3.05, 3.63) is 64.7 Å². The van der Waals surface area contributed by atoms with E-state index in [2.05, 4.69) is 0 Å². The molecule has 0 saturated carbocycles. The molecule has 0 heterocycles. The molecule has 0 spiro atoms. The SMILES string of the molecule is Cc1ccc(-c2cc3c(c(F)c2F)C(O)=CCC3)cc1. The van der Waals surface area contributed by atoms with Crippen LogP contribution in [0.1, 0.15) is 23.1 Å². The molecular formula is C17H14F2O. The van der Waals surface area contributed by atoms with Crippen LogP contribution < -0.4 is 0 Å². The lowest BCUT2D eigenvalue weighted by molar-refractivity contribution is 0.472. The van der Waals surface area contributed by atoms with Crippen molar-refractivity contribution in [2.75, 3.05) is 0 Å². The molecule has 1 nitrogen and oxygen atoms in total. The van der Waals surface area contributed by atoms with Crippen LogP contribution in [0.25, 0.3) is 16.9 Å². The van der Waals surface area contributed by atoms with Gasteiger partial charge in [-0.05, 0) is 43.0 Å². The monoisotopic (exact) mass is 272 g/mol. The lowest BCUT2D eigenvalue weighted by atomic mass is 9.91. The van der Waals surface area contributed by atoms with E-state index in [-0.39, 0.29) is 16.9 Å². The molecule has 20 heavy (non-hydrogen) atoms. The van der Waals surface area contributed by atoms with Crippen molar-refractivity contribution < 1.29 is 13.9 Å². The van der Waals surface area contributed by atoms with Gasteiger partial charge in [-0.15, -0.1) is 0 Å².